The number of ether oxygens (including phenoxy) is 3. The van der Waals surface area contributed by atoms with Gasteiger partial charge in [0.25, 0.3) is 11.1 Å². The topological polar surface area (TPSA) is 111 Å². The van der Waals surface area contributed by atoms with E-state index in [1.807, 2.05) is 26.0 Å². The predicted molar refractivity (Wildman–Crippen MR) is 171 cm³/mol. The van der Waals surface area contributed by atoms with Gasteiger partial charge in [0.05, 0.1) is 28.7 Å². The molecule has 1 fully saturated rings. The van der Waals surface area contributed by atoms with Crippen LogP contribution in [-0.2, 0) is 20.9 Å². The van der Waals surface area contributed by atoms with Gasteiger partial charge in [-0.05, 0) is 84.8 Å². The van der Waals surface area contributed by atoms with Gasteiger partial charge in [-0.2, -0.15) is 0 Å². The van der Waals surface area contributed by atoms with Crippen LogP contribution in [0.25, 0.3) is 6.08 Å². The van der Waals surface area contributed by atoms with E-state index in [-0.39, 0.29) is 27.8 Å². The van der Waals surface area contributed by atoms with E-state index in [1.54, 1.807) is 36.4 Å². The third-order valence-electron chi connectivity index (χ3n) is 6.25. The fourth-order valence-corrected chi connectivity index (χ4v) is 5.18. The number of nitrogens with one attached hydrogen (secondary N) is 1. The Hall–Kier alpha value is -3.99. The normalized spacial score (nSPS) is 13.7. The minimum Gasteiger partial charge on any atom is -0.490 e. The number of rotatable bonds is 13. The van der Waals surface area contributed by atoms with Crippen LogP contribution in [0.15, 0.2) is 65.6 Å². The summed E-state index contributed by atoms with van der Waals surface area (Å²) in [5.74, 6) is -0.840. The first-order chi connectivity index (χ1) is 21.2. The molecular weight excluding hydrogens is 627 g/mol. The van der Waals surface area contributed by atoms with Crippen LogP contribution in [0.2, 0.25) is 10.0 Å². The summed E-state index contributed by atoms with van der Waals surface area (Å²) in [7, 11) is 0. The van der Waals surface area contributed by atoms with Gasteiger partial charge in [0, 0.05) is 10.7 Å². The van der Waals surface area contributed by atoms with Crippen molar-refractivity contribution in [2.45, 2.75) is 33.3 Å². The lowest BCUT2D eigenvalue weighted by Gasteiger charge is -2.14. The minimum absolute atomic E-state index is 0.0995. The van der Waals surface area contributed by atoms with Crippen molar-refractivity contribution in [3.05, 3.63) is 92.3 Å². The Balaban J connectivity index is 1.41. The molecule has 0 unspecified atom stereocenters. The van der Waals surface area contributed by atoms with Crippen molar-refractivity contribution < 1.29 is 33.4 Å². The molecule has 12 heteroatoms. The van der Waals surface area contributed by atoms with Crippen molar-refractivity contribution in [2.24, 2.45) is 0 Å². The number of esters is 1. The van der Waals surface area contributed by atoms with Gasteiger partial charge in [-0.1, -0.05) is 54.7 Å². The predicted octanol–water partition coefficient (Wildman–Crippen LogP) is 7.60. The van der Waals surface area contributed by atoms with Gasteiger partial charge in [-0.15, -0.1) is 0 Å². The van der Waals surface area contributed by atoms with Crippen LogP contribution in [0.3, 0.4) is 0 Å². The molecule has 1 N–H and O–H groups in total. The summed E-state index contributed by atoms with van der Waals surface area (Å²) in [6.45, 7) is 4.25. The fourth-order valence-electron chi connectivity index (χ4n) is 4.02. The zero-order valence-electron chi connectivity index (χ0n) is 24.1. The van der Waals surface area contributed by atoms with Crippen molar-refractivity contribution in [1.29, 1.82) is 0 Å². The van der Waals surface area contributed by atoms with E-state index in [2.05, 4.69) is 5.32 Å². The first kappa shape index (κ1) is 32.9. The van der Waals surface area contributed by atoms with Crippen molar-refractivity contribution in [3.63, 3.8) is 0 Å². The van der Waals surface area contributed by atoms with E-state index in [0.717, 1.165) is 28.6 Å². The number of nitrogens with zero attached hydrogens (tertiary/aromatic N) is 1. The summed E-state index contributed by atoms with van der Waals surface area (Å²) in [6.07, 6.45) is 3.14. The smallest absolute Gasteiger partial charge is 0.339 e. The Labute approximate surface area is 269 Å². The Kier molecular flexibility index (Phi) is 11.7. The molecule has 3 aromatic carbocycles. The Morgan fingerprint density at radius 1 is 0.955 bits per heavy atom. The minimum atomic E-state index is -0.623. The Morgan fingerprint density at radius 3 is 2.45 bits per heavy atom. The van der Waals surface area contributed by atoms with Gasteiger partial charge in [0.15, 0.2) is 11.5 Å². The van der Waals surface area contributed by atoms with Crippen molar-refractivity contribution in [2.75, 3.05) is 25.1 Å². The second kappa shape index (κ2) is 15.7. The number of imide groups is 1. The van der Waals surface area contributed by atoms with Crippen molar-refractivity contribution in [3.8, 4) is 11.5 Å². The third-order valence-corrected chi connectivity index (χ3v) is 7.74. The Morgan fingerprint density at radius 2 is 1.73 bits per heavy atom. The van der Waals surface area contributed by atoms with E-state index in [1.165, 1.54) is 18.2 Å². The summed E-state index contributed by atoms with van der Waals surface area (Å²) < 4.78 is 16.9. The molecule has 1 saturated heterocycles. The number of hydrogen-bond donors (Lipinski definition) is 1. The molecule has 3 aromatic rings. The molecule has 0 atom stereocenters. The summed E-state index contributed by atoms with van der Waals surface area (Å²) in [4.78, 5) is 51.9. The molecule has 0 saturated carbocycles. The van der Waals surface area contributed by atoms with Crippen LogP contribution in [0, 0.1) is 0 Å². The van der Waals surface area contributed by atoms with Crippen LogP contribution in [0.4, 0.5) is 10.5 Å². The molecule has 0 aliphatic carbocycles. The maximum absolute atomic E-state index is 13.1. The maximum Gasteiger partial charge on any atom is 0.339 e. The number of thioether (sulfide) groups is 1. The number of amides is 3. The lowest BCUT2D eigenvalue weighted by molar-refractivity contribution is -0.127. The van der Waals surface area contributed by atoms with Crippen LogP contribution in [0.5, 0.6) is 11.5 Å². The highest BCUT2D eigenvalue weighted by Crippen LogP contribution is 2.35. The quantitative estimate of drug-likeness (QED) is 0.114. The van der Waals surface area contributed by atoms with Crippen LogP contribution >= 0.6 is 35.0 Å². The van der Waals surface area contributed by atoms with Crippen LogP contribution < -0.4 is 14.8 Å². The van der Waals surface area contributed by atoms with Gasteiger partial charge < -0.3 is 19.5 Å². The number of carbonyl (C=O) groups is 4. The zero-order chi connectivity index (χ0) is 31.6. The largest absolute Gasteiger partial charge is 0.490 e. The Bertz CT molecular complexity index is 1580. The molecule has 0 bridgehead atoms. The summed E-state index contributed by atoms with van der Waals surface area (Å²) in [5, 5.41) is 2.83. The molecular formula is C32H30Cl2N2O7S. The van der Waals surface area contributed by atoms with E-state index in [4.69, 9.17) is 37.4 Å². The summed E-state index contributed by atoms with van der Waals surface area (Å²) in [5.41, 5.74) is 1.91. The first-order valence-electron chi connectivity index (χ1n) is 13.8. The SMILES string of the molecule is CCCCOC(=O)c1cc(NC(=O)CN2C(=O)S/C(=C/c3ccc(OCc4ccc(Cl)cc4)c(OCC)c3)C2=O)ccc1Cl. The standard InChI is InChI=1S/C32H30Cl2N2O7S/c1-3-5-14-42-31(39)24-17-23(11-12-25(24)34)35-29(37)18-36-30(38)28(44-32(36)40)16-21-8-13-26(27(15-21)41-4-2)43-19-20-6-9-22(33)10-7-20/h6-13,15-17H,3-5,14,18-19H2,1-2H3,(H,35,37)/b28-16+. The molecule has 1 aliphatic rings. The number of hydrogen-bond acceptors (Lipinski definition) is 8. The molecule has 1 heterocycles. The summed E-state index contributed by atoms with van der Waals surface area (Å²) >= 11 is 12.8. The van der Waals surface area contributed by atoms with Gasteiger partial charge in [0.1, 0.15) is 13.2 Å². The number of carbonyl (C=O) groups excluding carboxylic acids is 4. The lowest BCUT2D eigenvalue weighted by atomic mass is 10.1. The molecule has 44 heavy (non-hydrogen) atoms. The van der Waals surface area contributed by atoms with E-state index in [9.17, 15) is 19.2 Å². The number of halogens is 2. The van der Waals surface area contributed by atoms with Gasteiger partial charge in [0.2, 0.25) is 5.91 Å². The van der Waals surface area contributed by atoms with E-state index in [0.29, 0.717) is 41.7 Å². The lowest BCUT2D eigenvalue weighted by Crippen LogP contribution is -2.36. The highest BCUT2D eigenvalue weighted by atomic mass is 35.5. The maximum atomic E-state index is 13.1. The second-order valence-electron chi connectivity index (χ2n) is 9.55. The van der Waals surface area contributed by atoms with Crippen LogP contribution in [0.1, 0.15) is 48.2 Å². The van der Waals surface area contributed by atoms with Gasteiger partial charge in [-0.3, -0.25) is 19.3 Å². The monoisotopic (exact) mass is 656 g/mol. The van der Waals surface area contributed by atoms with Crippen molar-refractivity contribution in [1.82, 2.24) is 4.90 Å². The average Bonchev–Trinajstić information content (AvgIpc) is 3.25. The third kappa shape index (κ3) is 8.78. The fraction of sp³-hybridized carbons (Fsp3) is 0.250. The molecule has 0 radical (unpaired) electrons. The number of unbranched alkanes of at least 4 members (excludes halogenated alkanes) is 1. The van der Waals surface area contributed by atoms with E-state index < -0.39 is 29.6 Å². The van der Waals surface area contributed by atoms with Crippen LogP contribution in [-0.4, -0.2) is 47.7 Å². The molecule has 3 amide bonds. The molecule has 1 aliphatic heterocycles. The highest BCUT2D eigenvalue weighted by Gasteiger charge is 2.36. The van der Waals surface area contributed by atoms with Crippen molar-refractivity contribution >= 4 is 69.8 Å². The first-order valence-corrected chi connectivity index (χ1v) is 15.4. The average molecular weight is 658 g/mol. The molecule has 4 rings (SSSR count). The molecule has 0 aromatic heterocycles. The summed E-state index contributed by atoms with van der Waals surface area (Å²) in [6, 6.07) is 16.8. The second-order valence-corrected chi connectivity index (χ2v) is 11.4. The van der Waals surface area contributed by atoms with Gasteiger partial charge in [-0.25, -0.2) is 4.79 Å². The molecule has 230 valence electrons. The molecule has 0 spiro atoms. The number of anilines is 1. The highest BCUT2D eigenvalue weighted by molar-refractivity contribution is 8.18. The zero-order valence-corrected chi connectivity index (χ0v) is 26.4. The molecule has 9 nitrogen and oxygen atoms in total. The number of benzene rings is 3. The van der Waals surface area contributed by atoms with E-state index >= 15 is 0 Å². The van der Waals surface area contributed by atoms with Gasteiger partial charge >= 0.3 is 5.97 Å².